The molecule has 1 aromatic carbocycles. The number of anilines is 1. The summed E-state index contributed by atoms with van der Waals surface area (Å²) in [6.07, 6.45) is 3.39. The zero-order chi connectivity index (χ0) is 14.8. The highest BCUT2D eigenvalue weighted by Gasteiger charge is 2.29. The molecule has 112 valence electrons. The van der Waals surface area contributed by atoms with E-state index in [1.54, 1.807) is 0 Å². The first kappa shape index (κ1) is 15.2. The number of nitrogens with one attached hydrogen (secondary N) is 1. The van der Waals surface area contributed by atoms with E-state index in [1.807, 2.05) is 0 Å². The second-order valence-corrected chi connectivity index (χ2v) is 6.82. The summed E-state index contributed by atoms with van der Waals surface area (Å²) < 4.78 is 40.2. The number of nitrogen functional groups attached to an aromatic ring is 1. The van der Waals surface area contributed by atoms with E-state index in [0.29, 0.717) is 6.42 Å². The first-order valence-corrected chi connectivity index (χ1v) is 8.10. The van der Waals surface area contributed by atoms with Crippen LogP contribution in [0, 0.1) is 11.7 Å². The van der Waals surface area contributed by atoms with Crippen LogP contribution in [0.15, 0.2) is 23.1 Å². The Morgan fingerprint density at radius 1 is 1.35 bits per heavy atom. The van der Waals surface area contributed by atoms with Crippen LogP contribution in [0.1, 0.15) is 25.7 Å². The number of halogens is 1. The Kier molecular flexibility index (Phi) is 4.62. The molecule has 5 nitrogen and oxygen atoms in total. The largest absolute Gasteiger partial charge is 0.398 e. The fourth-order valence-corrected chi connectivity index (χ4v) is 4.06. The molecule has 1 aliphatic rings. The molecule has 0 saturated heterocycles. The normalized spacial score (nSPS) is 23.7. The van der Waals surface area contributed by atoms with E-state index in [0.717, 1.165) is 37.5 Å². The number of nitrogens with two attached hydrogens (primary N) is 1. The van der Waals surface area contributed by atoms with Gasteiger partial charge in [-0.2, -0.15) is 0 Å². The van der Waals surface area contributed by atoms with Crippen LogP contribution in [-0.2, 0) is 10.0 Å². The minimum Gasteiger partial charge on any atom is -0.398 e. The fourth-order valence-electron chi connectivity index (χ4n) is 2.61. The molecule has 1 saturated carbocycles. The molecule has 20 heavy (non-hydrogen) atoms. The molecule has 1 aliphatic carbocycles. The summed E-state index contributed by atoms with van der Waals surface area (Å²) in [6, 6.07) is 2.90. The van der Waals surface area contributed by atoms with Crippen molar-refractivity contribution in [1.29, 1.82) is 0 Å². The summed E-state index contributed by atoms with van der Waals surface area (Å²) in [5.74, 6) is -0.660. The van der Waals surface area contributed by atoms with Crippen LogP contribution in [0.2, 0.25) is 0 Å². The van der Waals surface area contributed by atoms with Gasteiger partial charge in [0.1, 0.15) is 10.7 Å². The number of sulfonamides is 1. The minimum absolute atomic E-state index is 0.0495. The summed E-state index contributed by atoms with van der Waals surface area (Å²) >= 11 is 0. The molecule has 0 heterocycles. The third-order valence-corrected chi connectivity index (χ3v) is 5.28. The molecule has 0 amide bonds. The molecule has 0 bridgehead atoms. The summed E-state index contributed by atoms with van der Waals surface area (Å²) in [7, 11) is -3.80. The first-order valence-electron chi connectivity index (χ1n) is 6.62. The number of aliphatic hydroxyl groups is 1. The Balaban J connectivity index is 2.22. The third-order valence-electron chi connectivity index (χ3n) is 3.71. The van der Waals surface area contributed by atoms with Gasteiger partial charge in [0.2, 0.25) is 10.0 Å². The van der Waals surface area contributed by atoms with E-state index >= 15 is 0 Å². The van der Waals surface area contributed by atoms with Gasteiger partial charge >= 0.3 is 0 Å². The average molecular weight is 302 g/mol. The molecule has 0 aliphatic heterocycles. The maximum atomic E-state index is 13.0. The van der Waals surface area contributed by atoms with Crippen molar-refractivity contribution in [3.05, 3.63) is 24.0 Å². The standard InChI is InChI=1S/C13H19FN2O3S/c14-10-5-6-13(11(15)7-10)20(18,19)16-12-4-2-1-3-9(12)8-17/h5-7,9,12,16-17H,1-4,8,15H2. The highest BCUT2D eigenvalue weighted by Crippen LogP contribution is 2.26. The molecule has 0 aromatic heterocycles. The monoisotopic (exact) mass is 302 g/mol. The van der Waals surface area contributed by atoms with Gasteiger partial charge in [-0.05, 0) is 37.0 Å². The summed E-state index contributed by atoms with van der Waals surface area (Å²) in [6.45, 7) is -0.0495. The first-order chi connectivity index (χ1) is 9.44. The van der Waals surface area contributed by atoms with Crippen molar-refractivity contribution in [2.75, 3.05) is 12.3 Å². The Labute approximate surface area is 118 Å². The molecular formula is C13H19FN2O3S. The van der Waals surface area contributed by atoms with Crippen molar-refractivity contribution in [3.8, 4) is 0 Å². The van der Waals surface area contributed by atoms with Crippen molar-refractivity contribution < 1.29 is 17.9 Å². The Morgan fingerprint density at radius 2 is 2.05 bits per heavy atom. The minimum atomic E-state index is -3.80. The van der Waals surface area contributed by atoms with E-state index in [9.17, 15) is 17.9 Å². The van der Waals surface area contributed by atoms with Gasteiger partial charge in [0, 0.05) is 12.6 Å². The van der Waals surface area contributed by atoms with E-state index < -0.39 is 15.8 Å². The molecule has 1 fully saturated rings. The summed E-state index contributed by atoms with van der Waals surface area (Å²) in [4.78, 5) is -0.124. The number of rotatable bonds is 4. The predicted molar refractivity (Wildman–Crippen MR) is 74.0 cm³/mol. The average Bonchev–Trinajstić information content (AvgIpc) is 2.38. The lowest BCUT2D eigenvalue weighted by atomic mass is 9.86. The number of hydrogen-bond donors (Lipinski definition) is 3. The molecule has 2 unspecified atom stereocenters. The second kappa shape index (κ2) is 6.07. The van der Waals surface area contributed by atoms with Gasteiger partial charge in [-0.3, -0.25) is 0 Å². The zero-order valence-electron chi connectivity index (χ0n) is 11.0. The van der Waals surface area contributed by atoms with Crippen molar-refractivity contribution in [3.63, 3.8) is 0 Å². The molecule has 0 radical (unpaired) electrons. The van der Waals surface area contributed by atoms with Gasteiger partial charge < -0.3 is 10.8 Å². The maximum Gasteiger partial charge on any atom is 0.242 e. The molecule has 4 N–H and O–H groups in total. The van der Waals surface area contributed by atoms with E-state index in [4.69, 9.17) is 5.73 Å². The fraction of sp³-hybridized carbons (Fsp3) is 0.538. The van der Waals surface area contributed by atoms with Gasteiger partial charge in [-0.25, -0.2) is 17.5 Å². The number of hydrogen-bond acceptors (Lipinski definition) is 4. The Hall–Kier alpha value is -1.18. The summed E-state index contributed by atoms with van der Waals surface area (Å²) in [5.41, 5.74) is 5.45. The van der Waals surface area contributed by atoms with E-state index in [2.05, 4.69) is 4.72 Å². The SMILES string of the molecule is Nc1cc(F)ccc1S(=O)(=O)NC1CCCCC1CO. The van der Waals surface area contributed by atoms with Crippen LogP contribution < -0.4 is 10.5 Å². The second-order valence-electron chi connectivity index (χ2n) is 5.14. The molecule has 2 rings (SSSR count). The van der Waals surface area contributed by atoms with Gasteiger partial charge in [0.25, 0.3) is 0 Å². The topological polar surface area (TPSA) is 92.4 Å². The van der Waals surface area contributed by atoms with Gasteiger partial charge in [-0.15, -0.1) is 0 Å². The van der Waals surface area contributed by atoms with Crippen LogP contribution in [0.3, 0.4) is 0 Å². The molecule has 2 atom stereocenters. The lowest BCUT2D eigenvalue weighted by Crippen LogP contribution is -2.43. The molecular weight excluding hydrogens is 283 g/mol. The molecule has 7 heteroatoms. The Morgan fingerprint density at radius 3 is 2.70 bits per heavy atom. The highest BCUT2D eigenvalue weighted by atomic mass is 32.2. The van der Waals surface area contributed by atoms with Crippen LogP contribution in [-0.4, -0.2) is 26.2 Å². The lowest BCUT2D eigenvalue weighted by Gasteiger charge is -2.30. The van der Waals surface area contributed by atoms with Gasteiger partial charge in [0.05, 0.1) is 5.69 Å². The third kappa shape index (κ3) is 3.28. The van der Waals surface area contributed by atoms with Crippen LogP contribution in [0.25, 0.3) is 0 Å². The number of benzene rings is 1. The van der Waals surface area contributed by atoms with Crippen LogP contribution >= 0.6 is 0 Å². The van der Waals surface area contributed by atoms with Crippen LogP contribution in [0.5, 0.6) is 0 Å². The van der Waals surface area contributed by atoms with Crippen molar-refractivity contribution in [1.82, 2.24) is 4.72 Å². The smallest absolute Gasteiger partial charge is 0.242 e. The molecule has 1 aromatic rings. The molecule has 0 spiro atoms. The van der Waals surface area contributed by atoms with Gasteiger partial charge in [-0.1, -0.05) is 12.8 Å². The quantitative estimate of drug-likeness (QED) is 0.730. The number of aliphatic hydroxyl groups excluding tert-OH is 1. The highest BCUT2D eigenvalue weighted by molar-refractivity contribution is 7.89. The Bertz CT molecular complexity index is 577. The van der Waals surface area contributed by atoms with E-state index in [-0.39, 0.29) is 29.1 Å². The predicted octanol–water partition coefficient (Wildman–Crippen LogP) is 1.24. The van der Waals surface area contributed by atoms with Crippen molar-refractivity contribution >= 4 is 15.7 Å². The van der Waals surface area contributed by atoms with Crippen molar-refractivity contribution in [2.45, 2.75) is 36.6 Å². The maximum absolute atomic E-state index is 13.0. The van der Waals surface area contributed by atoms with Crippen molar-refractivity contribution in [2.24, 2.45) is 5.92 Å². The lowest BCUT2D eigenvalue weighted by molar-refractivity contribution is 0.164. The van der Waals surface area contributed by atoms with Crippen LogP contribution in [0.4, 0.5) is 10.1 Å². The van der Waals surface area contributed by atoms with Gasteiger partial charge in [0.15, 0.2) is 0 Å². The summed E-state index contributed by atoms with van der Waals surface area (Å²) in [5, 5.41) is 9.31. The van der Waals surface area contributed by atoms with E-state index in [1.165, 1.54) is 0 Å². The zero-order valence-corrected chi connectivity index (χ0v) is 11.9.